The molecule has 1 aliphatic rings. The molecule has 1 saturated carbocycles. The van der Waals surface area contributed by atoms with Crippen molar-refractivity contribution in [2.45, 2.75) is 31.2 Å². The van der Waals surface area contributed by atoms with Crippen molar-refractivity contribution in [3.05, 3.63) is 16.3 Å². The Morgan fingerprint density at radius 3 is 2.84 bits per heavy atom. The summed E-state index contributed by atoms with van der Waals surface area (Å²) in [6.45, 7) is 0. The average molecular weight is 283 g/mol. The van der Waals surface area contributed by atoms with Gasteiger partial charge < -0.3 is 21.0 Å². The quantitative estimate of drug-likeness (QED) is 0.338. The van der Waals surface area contributed by atoms with Crippen LogP contribution in [0.5, 0.6) is 5.75 Å². The van der Waals surface area contributed by atoms with Crippen LogP contribution in [-0.2, 0) is 0 Å². The number of hydrogen-bond acceptors (Lipinski definition) is 5. The summed E-state index contributed by atoms with van der Waals surface area (Å²) in [7, 11) is 1.52. The van der Waals surface area contributed by atoms with Gasteiger partial charge in [-0.25, -0.2) is 0 Å². The highest BCUT2D eigenvalue weighted by Crippen LogP contribution is 2.32. The molecule has 1 aliphatic carbocycles. The molecule has 1 aromatic heterocycles. The molecule has 1 aromatic rings. The topological polar surface area (TPSA) is 96.9 Å². The summed E-state index contributed by atoms with van der Waals surface area (Å²) in [5.74, 6) is 0.351. The van der Waals surface area contributed by atoms with Crippen LogP contribution in [-0.4, -0.2) is 29.6 Å². The van der Waals surface area contributed by atoms with Gasteiger partial charge in [-0.05, 0) is 24.3 Å². The second-order valence-corrected chi connectivity index (χ2v) is 5.46. The molecule has 0 atom stereocenters. The molecule has 1 heterocycles. The largest absolute Gasteiger partial charge is 0.495 e. The van der Waals surface area contributed by atoms with Crippen LogP contribution in [0.1, 0.15) is 35.4 Å². The van der Waals surface area contributed by atoms with Gasteiger partial charge in [0.25, 0.3) is 5.91 Å². The van der Waals surface area contributed by atoms with Gasteiger partial charge in [-0.15, -0.1) is 11.3 Å². The average Bonchev–Trinajstić information content (AvgIpc) is 3.06. The molecule has 7 heteroatoms. The lowest BCUT2D eigenvalue weighted by Gasteiger charge is -2.28. The number of nitrogens with one attached hydrogen (secondary N) is 1. The van der Waals surface area contributed by atoms with E-state index in [1.54, 1.807) is 11.4 Å². The minimum atomic E-state index is -0.735. The molecule has 0 radical (unpaired) electrons. The van der Waals surface area contributed by atoms with E-state index in [2.05, 4.69) is 10.5 Å². The van der Waals surface area contributed by atoms with Gasteiger partial charge >= 0.3 is 0 Å². The molecule has 0 aromatic carbocycles. The number of nitrogens with two attached hydrogens (primary N) is 1. The first-order valence-electron chi connectivity index (χ1n) is 6.05. The third kappa shape index (κ3) is 2.51. The van der Waals surface area contributed by atoms with E-state index >= 15 is 0 Å². The molecule has 1 fully saturated rings. The van der Waals surface area contributed by atoms with Crippen molar-refractivity contribution in [1.29, 1.82) is 0 Å². The first-order chi connectivity index (χ1) is 9.13. The molecule has 0 aliphatic heterocycles. The predicted molar refractivity (Wildman–Crippen MR) is 72.9 cm³/mol. The van der Waals surface area contributed by atoms with Gasteiger partial charge in [-0.3, -0.25) is 4.79 Å². The van der Waals surface area contributed by atoms with E-state index in [1.807, 2.05) is 0 Å². The minimum Gasteiger partial charge on any atom is -0.495 e. The molecule has 0 spiro atoms. The smallest absolute Gasteiger partial charge is 0.265 e. The van der Waals surface area contributed by atoms with E-state index in [1.165, 1.54) is 18.4 Å². The van der Waals surface area contributed by atoms with Gasteiger partial charge in [-0.2, -0.15) is 0 Å². The van der Waals surface area contributed by atoms with Crippen molar-refractivity contribution >= 4 is 23.1 Å². The highest BCUT2D eigenvalue weighted by atomic mass is 32.1. The Morgan fingerprint density at radius 1 is 1.58 bits per heavy atom. The molecule has 1 amide bonds. The van der Waals surface area contributed by atoms with E-state index in [0.29, 0.717) is 23.5 Å². The Morgan fingerprint density at radius 2 is 2.26 bits per heavy atom. The summed E-state index contributed by atoms with van der Waals surface area (Å²) in [6, 6.07) is 1.74. The Kier molecular flexibility index (Phi) is 3.94. The van der Waals surface area contributed by atoms with E-state index in [4.69, 9.17) is 15.7 Å². The number of carbonyl (C=O) groups is 1. The Labute approximate surface area is 115 Å². The second kappa shape index (κ2) is 5.48. The number of hydrogen-bond donors (Lipinski definition) is 3. The van der Waals surface area contributed by atoms with E-state index in [-0.39, 0.29) is 11.7 Å². The SMILES string of the molecule is COc1ccsc1C(=O)NC1(/C(N)=N/O)CCCC1. The summed E-state index contributed by atoms with van der Waals surface area (Å²) in [5, 5.41) is 16.7. The fourth-order valence-corrected chi connectivity index (χ4v) is 3.17. The van der Waals surface area contributed by atoms with E-state index in [0.717, 1.165) is 12.8 Å². The van der Waals surface area contributed by atoms with Crippen LogP contribution in [0.3, 0.4) is 0 Å². The summed E-state index contributed by atoms with van der Waals surface area (Å²) >= 11 is 1.30. The minimum absolute atomic E-state index is 0.0638. The molecule has 0 bridgehead atoms. The van der Waals surface area contributed by atoms with Gasteiger partial charge in [0, 0.05) is 0 Å². The van der Waals surface area contributed by atoms with Crippen LogP contribution in [0.4, 0.5) is 0 Å². The summed E-state index contributed by atoms with van der Waals surface area (Å²) < 4.78 is 5.13. The Bertz CT molecular complexity index is 492. The zero-order valence-corrected chi connectivity index (χ0v) is 11.5. The normalized spacial score (nSPS) is 18.3. The monoisotopic (exact) mass is 283 g/mol. The number of nitrogens with zero attached hydrogens (tertiary/aromatic N) is 1. The zero-order valence-electron chi connectivity index (χ0n) is 10.7. The van der Waals surface area contributed by atoms with Crippen molar-refractivity contribution in [1.82, 2.24) is 5.32 Å². The van der Waals surface area contributed by atoms with Crippen LogP contribution in [0.2, 0.25) is 0 Å². The third-order valence-corrected chi connectivity index (χ3v) is 4.36. The molecule has 104 valence electrons. The fourth-order valence-electron chi connectivity index (χ4n) is 2.42. The number of rotatable bonds is 4. The van der Waals surface area contributed by atoms with Crippen molar-refractivity contribution in [2.24, 2.45) is 10.9 Å². The molecule has 6 nitrogen and oxygen atoms in total. The zero-order chi connectivity index (χ0) is 13.9. The lowest BCUT2D eigenvalue weighted by atomic mass is 9.96. The lowest BCUT2D eigenvalue weighted by Crippen LogP contribution is -2.55. The maximum absolute atomic E-state index is 12.3. The number of amides is 1. The van der Waals surface area contributed by atoms with Gasteiger partial charge in [0.2, 0.25) is 0 Å². The third-order valence-electron chi connectivity index (χ3n) is 3.46. The van der Waals surface area contributed by atoms with Crippen molar-refractivity contribution in [3.8, 4) is 5.75 Å². The number of ether oxygens (including phenoxy) is 1. The number of oxime groups is 1. The number of amidine groups is 1. The van der Waals surface area contributed by atoms with Crippen molar-refractivity contribution in [3.63, 3.8) is 0 Å². The van der Waals surface area contributed by atoms with Crippen LogP contribution >= 0.6 is 11.3 Å². The molecular weight excluding hydrogens is 266 g/mol. The van der Waals surface area contributed by atoms with Crippen LogP contribution in [0.25, 0.3) is 0 Å². The van der Waals surface area contributed by atoms with E-state index in [9.17, 15) is 4.79 Å². The van der Waals surface area contributed by atoms with Crippen LogP contribution < -0.4 is 15.8 Å². The van der Waals surface area contributed by atoms with Crippen LogP contribution in [0.15, 0.2) is 16.6 Å². The van der Waals surface area contributed by atoms with Gasteiger partial charge in [0.15, 0.2) is 5.84 Å². The standard InChI is InChI=1S/C12H17N3O3S/c1-18-8-4-7-19-9(8)10(16)14-12(11(13)15-17)5-2-3-6-12/h4,7,17H,2-3,5-6H2,1H3,(H2,13,15)(H,14,16). The molecule has 2 rings (SSSR count). The highest BCUT2D eigenvalue weighted by Gasteiger charge is 2.40. The van der Waals surface area contributed by atoms with Gasteiger partial charge in [-0.1, -0.05) is 18.0 Å². The molecule has 0 saturated heterocycles. The van der Waals surface area contributed by atoms with Gasteiger partial charge in [0.05, 0.1) is 7.11 Å². The summed E-state index contributed by atoms with van der Waals surface area (Å²) in [4.78, 5) is 12.8. The highest BCUT2D eigenvalue weighted by molar-refractivity contribution is 7.12. The molecule has 19 heavy (non-hydrogen) atoms. The van der Waals surface area contributed by atoms with Gasteiger partial charge in [0.1, 0.15) is 16.2 Å². The number of methoxy groups -OCH3 is 1. The summed E-state index contributed by atoms with van der Waals surface area (Å²) in [5.41, 5.74) is 5.01. The molecule has 0 unspecified atom stereocenters. The maximum Gasteiger partial charge on any atom is 0.265 e. The molecule has 4 N–H and O–H groups in total. The second-order valence-electron chi connectivity index (χ2n) is 4.55. The van der Waals surface area contributed by atoms with Crippen molar-refractivity contribution < 1.29 is 14.7 Å². The molecular formula is C12H17N3O3S. The number of thiophene rings is 1. The Hall–Kier alpha value is -1.76. The maximum atomic E-state index is 12.3. The van der Waals surface area contributed by atoms with E-state index < -0.39 is 5.54 Å². The predicted octanol–water partition coefficient (Wildman–Crippen LogP) is 1.55. The lowest BCUT2D eigenvalue weighted by molar-refractivity contribution is 0.0924. The summed E-state index contributed by atoms with van der Waals surface area (Å²) in [6.07, 6.45) is 3.25. The van der Waals surface area contributed by atoms with Crippen molar-refractivity contribution in [2.75, 3.05) is 7.11 Å². The first-order valence-corrected chi connectivity index (χ1v) is 6.93. The number of carbonyl (C=O) groups excluding carboxylic acids is 1. The first kappa shape index (κ1) is 13.7. The van der Waals surface area contributed by atoms with Crippen LogP contribution in [0, 0.1) is 0 Å². The Balaban J connectivity index is 2.21. The fraction of sp³-hybridized carbons (Fsp3) is 0.500.